The summed E-state index contributed by atoms with van der Waals surface area (Å²) in [6, 6.07) is 3.10. The molecule has 0 saturated carbocycles. The molecule has 0 aliphatic rings. The normalized spacial score (nSPS) is 12.9. The average molecular weight is 216 g/mol. The maximum Gasteiger partial charge on any atom is 0.127 e. The van der Waals surface area contributed by atoms with Gasteiger partial charge < -0.3 is 5.73 Å². The van der Waals surface area contributed by atoms with Gasteiger partial charge in [-0.1, -0.05) is 24.6 Å². The number of benzene rings is 1. The second-order valence-corrected chi connectivity index (χ2v) is 3.91. The van der Waals surface area contributed by atoms with Crippen LogP contribution in [0.2, 0.25) is 5.02 Å². The highest BCUT2D eigenvalue weighted by Gasteiger charge is 2.12. The highest BCUT2D eigenvalue weighted by atomic mass is 35.5. The van der Waals surface area contributed by atoms with E-state index in [0.29, 0.717) is 17.0 Å². The molecule has 1 nitrogen and oxygen atoms in total. The average Bonchev–Trinajstić information content (AvgIpc) is 2.18. The smallest absolute Gasteiger partial charge is 0.127 e. The zero-order valence-electron chi connectivity index (χ0n) is 8.48. The van der Waals surface area contributed by atoms with Crippen LogP contribution in [-0.4, -0.2) is 6.04 Å². The number of hydrogen-bond donors (Lipinski definition) is 1. The van der Waals surface area contributed by atoms with Crippen molar-refractivity contribution in [2.45, 2.75) is 32.7 Å². The van der Waals surface area contributed by atoms with Crippen LogP contribution in [0.25, 0.3) is 0 Å². The molecular formula is C11H15ClFN. The van der Waals surface area contributed by atoms with Crippen molar-refractivity contribution in [2.75, 3.05) is 0 Å². The Labute approximate surface area is 89.1 Å². The standard InChI is InChI=1S/C11H15ClFN/c1-3-8(14)6-9-10(13)5-4-7(2)11(9)12/h4-5,8H,3,6,14H2,1-2H3. The zero-order valence-corrected chi connectivity index (χ0v) is 9.24. The molecule has 1 rings (SSSR count). The van der Waals surface area contributed by atoms with Gasteiger partial charge in [-0.25, -0.2) is 4.39 Å². The van der Waals surface area contributed by atoms with Gasteiger partial charge in [0.15, 0.2) is 0 Å². The Hall–Kier alpha value is -0.600. The molecule has 0 aromatic heterocycles. The molecule has 0 fully saturated rings. The van der Waals surface area contributed by atoms with E-state index in [0.717, 1.165) is 12.0 Å². The molecule has 78 valence electrons. The maximum atomic E-state index is 13.4. The van der Waals surface area contributed by atoms with Gasteiger partial charge in [0.25, 0.3) is 0 Å². The minimum Gasteiger partial charge on any atom is -0.327 e. The third kappa shape index (κ3) is 2.46. The Morgan fingerprint density at radius 1 is 1.50 bits per heavy atom. The monoisotopic (exact) mass is 215 g/mol. The van der Waals surface area contributed by atoms with Crippen LogP contribution in [-0.2, 0) is 6.42 Å². The number of nitrogens with two attached hydrogens (primary N) is 1. The fourth-order valence-electron chi connectivity index (χ4n) is 1.31. The van der Waals surface area contributed by atoms with E-state index in [1.807, 2.05) is 13.8 Å². The third-order valence-electron chi connectivity index (χ3n) is 2.37. The summed E-state index contributed by atoms with van der Waals surface area (Å²) in [5, 5.41) is 0.508. The van der Waals surface area contributed by atoms with Crippen molar-refractivity contribution in [1.29, 1.82) is 0 Å². The van der Waals surface area contributed by atoms with E-state index in [4.69, 9.17) is 17.3 Å². The van der Waals surface area contributed by atoms with Gasteiger partial charge in [-0.15, -0.1) is 0 Å². The summed E-state index contributed by atoms with van der Waals surface area (Å²) in [4.78, 5) is 0. The maximum absolute atomic E-state index is 13.4. The van der Waals surface area contributed by atoms with Crippen molar-refractivity contribution in [3.05, 3.63) is 34.1 Å². The van der Waals surface area contributed by atoms with Crippen LogP contribution in [0.3, 0.4) is 0 Å². The van der Waals surface area contributed by atoms with Gasteiger partial charge in [-0.05, 0) is 31.4 Å². The molecule has 0 spiro atoms. The molecule has 1 aromatic rings. The van der Waals surface area contributed by atoms with E-state index >= 15 is 0 Å². The van der Waals surface area contributed by atoms with Gasteiger partial charge in [0, 0.05) is 16.6 Å². The van der Waals surface area contributed by atoms with E-state index in [-0.39, 0.29) is 11.9 Å². The zero-order chi connectivity index (χ0) is 10.7. The lowest BCUT2D eigenvalue weighted by molar-refractivity contribution is 0.578. The SMILES string of the molecule is CCC(N)Cc1c(F)ccc(C)c1Cl. The lowest BCUT2D eigenvalue weighted by atomic mass is 10.0. The Kier molecular flexibility index (Phi) is 3.90. The van der Waals surface area contributed by atoms with Crippen molar-refractivity contribution in [2.24, 2.45) is 5.73 Å². The van der Waals surface area contributed by atoms with Crippen LogP contribution in [0.15, 0.2) is 12.1 Å². The molecule has 0 radical (unpaired) electrons. The molecule has 0 amide bonds. The predicted octanol–water partition coefficient (Wildman–Crippen LogP) is 3.07. The minimum absolute atomic E-state index is 0.0243. The fourth-order valence-corrected chi connectivity index (χ4v) is 1.54. The first-order valence-corrected chi connectivity index (χ1v) is 5.13. The number of aryl methyl sites for hydroxylation is 1. The molecule has 1 aromatic carbocycles. The summed E-state index contributed by atoms with van der Waals surface area (Å²) in [6.07, 6.45) is 1.33. The molecular weight excluding hydrogens is 201 g/mol. The van der Waals surface area contributed by atoms with Crippen LogP contribution in [0.1, 0.15) is 24.5 Å². The lowest BCUT2D eigenvalue weighted by Gasteiger charge is -2.12. The van der Waals surface area contributed by atoms with E-state index in [2.05, 4.69) is 0 Å². The second kappa shape index (κ2) is 4.76. The van der Waals surface area contributed by atoms with Gasteiger partial charge in [-0.3, -0.25) is 0 Å². The van der Waals surface area contributed by atoms with Crippen LogP contribution < -0.4 is 5.73 Å². The Morgan fingerprint density at radius 2 is 2.14 bits per heavy atom. The largest absolute Gasteiger partial charge is 0.327 e. The summed E-state index contributed by atoms with van der Waals surface area (Å²) < 4.78 is 13.4. The van der Waals surface area contributed by atoms with Crippen molar-refractivity contribution in [1.82, 2.24) is 0 Å². The molecule has 0 aliphatic carbocycles. The van der Waals surface area contributed by atoms with Crippen LogP contribution in [0, 0.1) is 12.7 Å². The molecule has 14 heavy (non-hydrogen) atoms. The van der Waals surface area contributed by atoms with E-state index in [1.165, 1.54) is 6.07 Å². The first-order valence-electron chi connectivity index (χ1n) is 4.75. The van der Waals surface area contributed by atoms with Crippen LogP contribution >= 0.6 is 11.6 Å². The quantitative estimate of drug-likeness (QED) is 0.824. The highest BCUT2D eigenvalue weighted by Crippen LogP contribution is 2.24. The Bertz CT molecular complexity index is 325. The van der Waals surface area contributed by atoms with Gasteiger partial charge in [0.05, 0.1) is 0 Å². The summed E-state index contributed by atoms with van der Waals surface area (Å²) in [5.74, 6) is -0.260. The predicted molar refractivity (Wildman–Crippen MR) is 58.1 cm³/mol. The Balaban J connectivity index is 3.00. The molecule has 3 heteroatoms. The molecule has 0 bridgehead atoms. The van der Waals surface area contributed by atoms with Gasteiger partial charge in [0.2, 0.25) is 0 Å². The molecule has 1 unspecified atom stereocenters. The van der Waals surface area contributed by atoms with Crippen molar-refractivity contribution >= 4 is 11.6 Å². The lowest BCUT2D eigenvalue weighted by Crippen LogP contribution is -2.22. The van der Waals surface area contributed by atoms with E-state index < -0.39 is 0 Å². The van der Waals surface area contributed by atoms with Crippen molar-refractivity contribution < 1.29 is 4.39 Å². The minimum atomic E-state index is -0.260. The van der Waals surface area contributed by atoms with Gasteiger partial charge in [-0.2, -0.15) is 0 Å². The molecule has 0 heterocycles. The number of halogens is 2. The van der Waals surface area contributed by atoms with Crippen LogP contribution in [0.4, 0.5) is 4.39 Å². The molecule has 2 N–H and O–H groups in total. The van der Waals surface area contributed by atoms with E-state index in [9.17, 15) is 4.39 Å². The second-order valence-electron chi connectivity index (χ2n) is 3.53. The summed E-state index contributed by atoms with van der Waals surface area (Å²) in [6.45, 7) is 3.84. The molecule has 1 atom stereocenters. The van der Waals surface area contributed by atoms with Gasteiger partial charge in [0.1, 0.15) is 5.82 Å². The van der Waals surface area contributed by atoms with Crippen molar-refractivity contribution in [3.8, 4) is 0 Å². The first-order chi connectivity index (χ1) is 6.56. The topological polar surface area (TPSA) is 26.0 Å². The molecule has 0 saturated heterocycles. The summed E-state index contributed by atoms with van der Waals surface area (Å²) in [5.41, 5.74) is 7.20. The number of rotatable bonds is 3. The fraction of sp³-hybridized carbons (Fsp3) is 0.455. The first kappa shape index (κ1) is 11.5. The third-order valence-corrected chi connectivity index (χ3v) is 2.90. The van der Waals surface area contributed by atoms with Crippen LogP contribution in [0.5, 0.6) is 0 Å². The Morgan fingerprint density at radius 3 is 2.71 bits per heavy atom. The van der Waals surface area contributed by atoms with Gasteiger partial charge >= 0.3 is 0 Å². The molecule has 0 aliphatic heterocycles. The van der Waals surface area contributed by atoms with E-state index in [1.54, 1.807) is 6.07 Å². The van der Waals surface area contributed by atoms with Crippen molar-refractivity contribution in [3.63, 3.8) is 0 Å². The summed E-state index contributed by atoms with van der Waals surface area (Å²) >= 11 is 6.00. The number of hydrogen-bond acceptors (Lipinski definition) is 1. The highest BCUT2D eigenvalue weighted by molar-refractivity contribution is 6.32. The summed E-state index contributed by atoms with van der Waals surface area (Å²) in [7, 11) is 0.